The number of hydrogen-bond acceptors (Lipinski definition) is 4. The van der Waals surface area contributed by atoms with Crippen LogP contribution in [-0.4, -0.2) is 28.2 Å². The molecule has 210 valence electrons. The highest BCUT2D eigenvalue weighted by molar-refractivity contribution is 5.92. The molecule has 4 aliphatic rings. The molecule has 2 aromatic carbocycles. The highest BCUT2D eigenvalue weighted by atomic mass is 16.6. The van der Waals surface area contributed by atoms with Crippen molar-refractivity contribution < 1.29 is 19.4 Å². The van der Waals surface area contributed by atoms with Crippen molar-refractivity contribution in [2.75, 3.05) is 0 Å². The molecular formula is C34H45NO4. The van der Waals surface area contributed by atoms with Crippen molar-refractivity contribution >= 4 is 11.9 Å². The first-order chi connectivity index (χ1) is 18.4. The molecule has 3 N–H and O–H groups in total. The molecule has 4 fully saturated rings. The van der Waals surface area contributed by atoms with Crippen molar-refractivity contribution in [1.82, 2.24) is 0 Å². The molecule has 4 bridgehead atoms. The topological polar surface area (TPSA) is 89.6 Å². The van der Waals surface area contributed by atoms with Crippen molar-refractivity contribution in [3.63, 3.8) is 0 Å². The summed E-state index contributed by atoms with van der Waals surface area (Å²) < 4.78 is 5.21. The number of ether oxygens (including phenoxy) is 1. The molecular weight excluding hydrogens is 486 g/mol. The lowest BCUT2D eigenvalue weighted by atomic mass is 9.53. The van der Waals surface area contributed by atoms with Gasteiger partial charge in [0, 0.05) is 11.1 Å². The molecule has 0 amide bonds. The number of carboxylic acid groups (broad SMARTS) is 1. The first kappa shape index (κ1) is 29.1. The second-order valence-corrected chi connectivity index (χ2v) is 13.1. The van der Waals surface area contributed by atoms with Crippen LogP contribution in [0.5, 0.6) is 0 Å². The number of carboxylic acids is 1. The van der Waals surface area contributed by atoms with Gasteiger partial charge in [-0.1, -0.05) is 54.6 Å². The van der Waals surface area contributed by atoms with Crippen molar-refractivity contribution in [1.29, 1.82) is 0 Å². The van der Waals surface area contributed by atoms with Crippen molar-refractivity contribution in [3.8, 4) is 11.1 Å². The van der Waals surface area contributed by atoms with E-state index < -0.39 is 17.5 Å². The summed E-state index contributed by atoms with van der Waals surface area (Å²) in [5, 5.41) is 9.35. The van der Waals surface area contributed by atoms with E-state index in [1.807, 2.05) is 18.2 Å². The number of esters is 1. The van der Waals surface area contributed by atoms with Crippen LogP contribution >= 0.6 is 0 Å². The molecule has 0 aromatic heterocycles. The van der Waals surface area contributed by atoms with Gasteiger partial charge in [0.1, 0.15) is 5.60 Å². The van der Waals surface area contributed by atoms with E-state index in [-0.39, 0.29) is 12.0 Å². The molecule has 0 heterocycles. The number of carbonyl (C=O) groups excluding carboxylic acids is 1. The van der Waals surface area contributed by atoms with Gasteiger partial charge in [0.15, 0.2) is 0 Å². The number of carbonyl (C=O) groups is 2. The third kappa shape index (κ3) is 8.28. The molecule has 5 nitrogen and oxygen atoms in total. The monoisotopic (exact) mass is 531 g/mol. The Hall–Kier alpha value is -2.92. The van der Waals surface area contributed by atoms with Crippen LogP contribution in [0, 0.1) is 24.7 Å². The Bertz CT molecular complexity index is 1160. The molecule has 2 aromatic rings. The summed E-state index contributed by atoms with van der Waals surface area (Å²) in [4.78, 5) is 23.3. The standard InChI is InChI=1S/C24H28O4.C10H17N/c1-17-15-18(13-14-21(17)19-10-6-5-7-11-19)9-8-12-20(23(26)27)16-22(25)28-24(2,3)4;11-10-4-7-1-8(5-10)3-9(2-7)6-10/h5-7,10-15H,8-9,16H2,1-4H3,(H,26,27);7-9H,1-6,11H2/b20-12+;. The van der Waals surface area contributed by atoms with Crippen LogP contribution < -0.4 is 5.73 Å². The Morgan fingerprint density at radius 1 is 1.00 bits per heavy atom. The van der Waals surface area contributed by atoms with Gasteiger partial charge in [0.05, 0.1) is 6.42 Å². The molecule has 39 heavy (non-hydrogen) atoms. The number of nitrogens with two attached hydrogens (primary N) is 1. The number of aliphatic carboxylic acids is 1. The number of hydrogen-bond donors (Lipinski definition) is 2. The SMILES string of the molecule is Cc1cc(CC/C=C(\CC(=O)OC(C)(C)C)C(=O)O)ccc1-c1ccccc1.NC12CC3CC(CC(C3)C1)C2. The van der Waals surface area contributed by atoms with E-state index >= 15 is 0 Å². The van der Waals surface area contributed by atoms with Gasteiger partial charge in [-0.05, 0) is 119 Å². The fourth-order valence-corrected chi connectivity index (χ4v) is 7.18. The summed E-state index contributed by atoms with van der Waals surface area (Å²) in [5.41, 5.74) is 10.8. The maximum Gasteiger partial charge on any atom is 0.331 e. The average Bonchev–Trinajstić information content (AvgIpc) is 2.82. The zero-order valence-corrected chi connectivity index (χ0v) is 24.0. The first-order valence-corrected chi connectivity index (χ1v) is 14.5. The largest absolute Gasteiger partial charge is 0.478 e. The molecule has 0 spiro atoms. The highest BCUT2D eigenvalue weighted by Crippen LogP contribution is 2.54. The van der Waals surface area contributed by atoms with E-state index in [2.05, 4.69) is 37.3 Å². The minimum absolute atomic E-state index is 0.0758. The van der Waals surface area contributed by atoms with Crippen molar-refractivity contribution in [2.24, 2.45) is 23.5 Å². The van der Waals surface area contributed by atoms with Crippen molar-refractivity contribution in [3.05, 3.63) is 71.3 Å². The lowest BCUT2D eigenvalue weighted by Gasteiger charge is -2.55. The quantitative estimate of drug-likeness (QED) is 0.290. The van der Waals surface area contributed by atoms with Crippen LogP contribution in [0.15, 0.2) is 60.2 Å². The van der Waals surface area contributed by atoms with E-state index in [4.69, 9.17) is 10.5 Å². The van der Waals surface area contributed by atoms with E-state index in [1.54, 1.807) is 26.8 Å². The molecule has 6 rings (SSSR count). The van der Waals surface area contributed by atoms with E-state index in [0.29, 0.717) is 18.4 Å². The fraction of sp³-hybridized carbons (Fsp3) is 0.529. The summed E-state index contributed by atoms with van der Waals surface area (Å²) in [6, 6.07) is 16.5. The molecule has 4 aliphatic carbocycles. The predicted octanol–water partition coefficient (Wildman–Crippen LogP) is 7.25. The summed E-state index contributed by atoms with van der Waals surface area (Å²) in [5.74, 6) is 1.45. The van der Waals surface area contributed by atoms with Gasteiger partial charge >= 0.3 is 11.9 Å². The normalized spacial score (nSPS) is 25.6. The third-order valence-electron chi connectivity index (χ3n) is 8.31. The summed E-state index contributed by atoms with van der Waals surface area (Å²) in [7, 11) is 0. The Balaban J connectivity index is 0.000000260. The molecule has 0 atom stereocenters. The van der Waals surface area contributed by atoms with Gasteiger partial charge in [-0.2, -0.15) is 0 Å². The van der Waals surface area contributed by atoms with Gasteiger partial charge in [0.25, 0.3) is 0 Å². The molecule has 0 radical (unpaired) electrons. The van der Waals surface area contributed by atoms with Crippen LogP contribution in [0.25, 0.3) is 11.1 Å². The van der Waals surface area contributed by atoms with Crippen LogP contribution in [0.4, 0.5) is 0 Å². The Labute approximate surface area is 233 Å². The van der Waals surface area contributed by atoms with E-state index in [9.17, 15) is 14.7 Å². The number of allylic oxidation sites excluding steroid dienone is 1. The Morgan fingerprint density at radius 3 is 2.08 bits per heavy atom. The first-order valence-electron chi connectivity index (χ1n) is 14.5. The van der Waals surface area contributed by atoms with Crippen molar-refractivity contribution in [2.45, 2.75) is 96.6 Å². The van der Waals surface area contributed by atoms with Crippen LogP contribution in [0.1, 0.15) is 83.3 Å². The summed E-state index contributed by atoms with van der Waals surface area (Å²) in [6.07, 6.45) is 11.2. The molecule has 5 heteroatoms. The third-order valence-corrected chi connectivity index (χ3v) is 8.31. The number of rotatable bonds is 7. The van der Waals surface area contributed by atoms with E-state index in [1.165, 1.54) is 55.2 Å². The zero-order chi connectivity index (χ0) is 28.2. The molecule has 0 aliphatic heterocycles. The lowest BCUT2D eigenvalue weighted by Crippen LogP contribution is -2.55. The van der Waals surface area contributed by atoms with Gasteiger partial charge < -0.3 is 15.6 Å². The van der Waals surface area contributed by atoms with Gasteiger partial charge in [-0.3, -0.25) is 4.79 Å². The minimum atomic E-state index is -1.08. The number of benzene rings is 2. The van der Waals surface area contributed by atoms with Crippen LogP contribution in [0.3, 0.4) is 0 Å². The summed E-state index contributed by atoms with van der Waals surface area (Å²) in [6.45, 7) is 7.36. The molecule has 0 unspecified atom stereocenters. The molecule has 0 saturated heterocycles. The average molecular weight is 532 g/mol. The van der Waals surface area contributed by atoms with Gasteiger partial charge in [-0.15, -0.1) is 0 Å². The van der Waals surface area contributed by atoms with Crippen LogP contribution in [-0.2, 0) is 20.7 Å². The molecule has 4 saturated carbocycles. The van der Waals surface area contributed by atoms with Crippen LogP contribution in [0.2, 0.25) is 0 Å². The minimum Gasteiger partial charge on any atom is -0.478 e. The zero-order valence-electron chi connectivity index (χ0n) is 24.0. The van der Waals surface area contributed by atoms with E-state index in [0.717, 1.165) is 23.3 Å². The smallest absolute Gasteiger partial charge is 0.331 e. The fourth-order valence-electron chi connectivity index (χ4n) is 7.18. The summed E-state index contributed by atoms with van der Waals surface area (Å²) >= 11 is 0. The number of aryl methyl sites for hydroxylation is 2. The Morgan fingerprint density at radius 2 is 1.59 bits per heavy atom. The van der Waals surface area contributed by atoms with Gasteiger partial charge in [-0.25, -0.2) is 4.79 Å². The van der Waals surface area contributed by atoms with Gasteiger partial charge in [0.2, 0.25) is 0 Å². The highest BCUT2D eigenvalue weighted by Gasteiger charge is 2.48. The predicted molar refractivity (Wildman–Crippen MR) is 156 cm³/mol. The Kier molecular flexibility index (Phi) is 9.00. The maximum atomic E-state index is 11.9. The maximum absolute atomic E-state index is 11.9. The lowest BCUT2D eigenvalue weighted by molar-refractivity contribution is -0.155. The second-order valence-electron chi connectivity index (χ2n) is 13.1. The second kappa shape index (κ2) is 12.1.